The standard InChI is InChI=1S/C49H58N2O8/c1-4-25-51(48(54)56-33-34-15-7-6-8-16-34)45-32-43(50-55-3)41-30-37(19-11-13-26-52)40(20-12-14-27-53)46-42-31-39(58-38-22-21-35-17-9-10-18-36(35)29-38)23-24-44(42)59-49(45,47(41)46)57-28-5-2/h5-10,15-18,21-24,29-31,37,40,45-47,52-53H,2,4,11-14,19-20,25-28,32-33H2,1,3H3. The third-order valence-corrected chi connectivity index (χ3v) is 12.1. The van der Waals surface area contributed by atoms with E-state index < -0.39 is 23.8 Å². The number of hydrogen-bond donors (Lipinski definition) is 2. The SMILES string of the molecule is C=CCOC12Oc3ccc(Oc4ccc5ccccc5c4)cc3C3C(CCCCO)C(CCCCO)C=C(C(=NOC)CC1N(CCC)C(=O)OCc1ccccc1)C32. The van der Waals surface area contributed by atoms with Crippen LogP contribution in [0.1, 0.15) is 75.3 Å². The fourth-order valence-electron chi connectivity index (χ4n) is 9.61. The smallest absolute Gasteiger partial charge is 0.410 e. The van der Waals surface area contributed by atoms with E-state index in [0.717, 1.165) is 64.6 Å². The fourth-order valence-corrected chi connectivity index (χ4v) is 9.61. The van der Waals surface area contributed by atoms with Gasteiger partial charge in [-0.05, 0) is 96.2 Å². The number of rotatable bonds is 19. The molecule has 0 aromatic heterocycles. The zero-order chi connectivity index (χ0) is 41.2. The van der Waals surface area contributed by atoms with Crippen LogP contribution >= 0.6 is 0 Å². The number of aliphatic hydroxyl groups is 2. The molecule has 2 N–H and O–H groups in total. The molecule has 0 bridgehead atoms. The highest BCUT2D eigenvalue weighted by atomic mass is 16.7. The Balaban J connectivity index is 1.39. The number of amides is 1. The summed E-state index contributed by atoms with van der Waals surface area (Å²) in [4.78, 5) is 21.8. The summed E-state index contributed by atoms with van der Waals surface area (Å²) in [6, 6.07) is 29.3. The Bertz CT molecular complexity index is 2100. The summed E-state index contributed by atoms with van der Waals surface area (Å²) in [6.07, 6.45) is 9.31. The highest BCUT2D eigenvalue weighted by Gasteiger charge is 2.65. The van der Waals surface area contributed by atoms with E-state index in [2.05, 4.69) is 42.1 Å². The molecule has 2 aliphatic carbocycles. The first-order valence-electron chi connectivity index (χ1n) is 21.2. The molecule has 4 aromatic carbocycles. The van der Waals surface area contributed by atoms with Crippen LogP contribution < -0.4 is 9.47 Å². The minimum absolute atomic E-state index is 0.0893. The lowest BCUT2D eigenvalue weighted by Gasteiger charge is -2.59. The molecule has 6 atom stereocenters. The summed E-state index contributed by atoms with van der Waals surface area (Å²) >= 11 is 0. The second-order valence-electron chi connectivity index (χ2n) is 15.8. The van der Waals surface area contributed by atoms with E-state index in [1.54, 1.807) is 18.1 Å². The molecule has 0 radical (unpaired) electrons. The third kappa shape index (κ3) is 9.05. The highest BCUT2D eigenvalue weighted by Crippen LogP contribution is 2.62. The summed E-state index contributed by atoms with van der Waals surface area (Å²) in [7, 11) is 1.55. The maximum absolute atomic E-state index is 14.4. The van der Waals surface area contributed by atoms with E-state index in [1.807, 2.05) is 73.7 Å². The van der Waals surface area contributed by atoms with Gasteiger partial charge in [-0.2, -0.15) is 0 Å². The van der Waals surface area contributed by atoms with Crippen LogP contribution in [-0.4, -0.2) is 72.2 Å². The molecule has 1 amide bonds. The number of aliphatic hydroxyl groups excluding tert-OH is 2. The van der Waals surface area contributed by atoms with Crippen LogP contribution in [0.4, 0.5) is 4.79 Å². The van der Waals surface area contributed by atoms with E-state index in [-0.39, 0.29) is 44.2 Å². The molecule has 7 rings (SSSR count). The van der Waals surface area contributed by atoms with Gasteiger partial charge in [-0.3, -0.25) is 4.90 Å². The van der Waals surface area contributed by atoms with Gasteiger partial charge in [0.15, 0.2) is 0 Å². The molecule has 1 aliphatic heterocycles. The molecule has 10 heteroatoms. The van der Waals surface area contributed by atoms with Gasteiger partial charge in [0.25, 0.3) is 0 Å². The predicted octanol–water partition coefficient (Wildman–Crippen LogP) is 9.94. The van der Waals surface area contributed by atoms with Gasteiger partial charge in [0.1, 0.15) is 37.0 Å². The number of benzene rings is 4. The van der Waals surface area contributed by atoms with Gasteiger partial charge in [-0.25, -0.2) is 4.79 Å². The van der Waals surface area contributed by atoms with Crippen LogP contribution in [0.25, 0.3) is 10.8 Å². The fraction of sp³-hybridized carbons (Fsp3) is 0.429. The Morgan fingerprint density at radius 3 is 2.41 bits per heavy atom. The number of nitrogens with zero attached hydrogens (tertiary/aromatic N) is 2. The Morgan fingerprint density at radius 1 is 0.932 bits per heavy atom. The Kier molecular flexibility index (Phi) is 14.0. The molecule has 10 nitrogen and oxygen atoms in total. The molecule has 59 heavy (non-hydrogen) atoms. The average Bonchev–Trinajstić information content (AvgIpc) is 3.26. The molecule has 4 aromatic rings. The Hall–Kier alpha value is -5.16. The van der Waals surface area contributed by atoms with Crippen molar-refractivity contribution in [2.75, 3.05) is 33.5 Å². The highest BCUT2D eigenvalue weighted by molar-refractivity contribution is 6.03. The Morgan fingerprint density at radius 2 is 1.66 bits per heavy atom. The van der Waals surface area contributed by atoms with Crippen LogP contribution in [-0.2, 0) is 20.9 Å². The molecule has 1 heterocycles. The van der Waals surface area contributed by atoms with E-state index in [4.69, 9.17) is 23.8 Å². The Labute approximate surface area is 348 Å². The number of fused-ring (bicyclic) bond motifs is 3. The van der Waals surface area contributed by atoms with Gasteiger partial charge in [0, 0.05) is 37.7 Å². The minimum atomic E-state index is -1.36. The molecule has 1 fully saturated rings. The van der Waals surface area contributed by atoms with Crippen molar-refractivity contribution in [1.29, 1.82) is 0 Å². The number of carbonyl (C=O) groups is 1. The second kappa shape index (κ2) is 19.7. The zero-order valence-corrected chi connectivity index (χ0v) is 34.3. The summed E-state index contributed by atoms with van der Waals surface area (Å²) < 4.78 is 27.0. The number of oxime groups is 1. The number of carbonyl (C=O) groups excluding carboxylic acids is 1. The summed E-state index contributed by atoms with van der Waals surface area (Å²) in [6.45, 7) is 7.00. The number of hydrogen-bond acceptors (Lipinski definition) is 9. The molecule has 6 unspecified atom stereocenters. The molecule has 0 saturated heterocycles. The van der Waals surface area contributed by atoms with Crippen LogP contribution in [0.3, 0.4) is 0 Å². The normalized spacial score (nSPS) is 23.7. The van der Waals surface area contributed by atoms with E-state index in [1.165, 1.54) is 0 Å². The van der Waals surface area contributed by atoms with Crippen molar-refractivity contribution >= 4 is 22.6 Å². The lowest BCUT2D eigenvalue weighted by molar-refractivity contribution is -0.255. The van der Waals surface area contributed by atoms with Crippen molar-refractivity contribution in [2.45, 2.75) is 82.6 Å². The molecule has 312 valence electrons. The molecular weight excluding hydrogens is 745 g/mol. The molecule has 0 spiro atoms. The summed E-state index contributed by atoms with van der Waals surface area (Å²) in [5.41, 5.74) is 3.59. The van der Waals surface area contributed by atoms with Gasteiger partial charge >= 0.3 is 6.09 Å². The van der Waals surface area contributed by atoms with E-state index in [9.17, 15) is 15.0 Å². The van der Waals surface area contributed by atoms with Gasteiger partial charge in [-0.15, -0.1) is 6.58 Å². The largest absolute Gasteiger partial charge is 0.459 e. The topological polar surface area (TPSA) is 119 Å². The number of unbranched alkanes of at least 4 members (excludes halogenated alkanes) is 2. The zero-order valence-electron chi connectivity index (χ0n) is 34.3. The van der Waals surface area contributed by atoms with Crippen molar-refractivity contribution in [3.05, 3.63) is 126 Å². The first-order chi connectivity index (χ1) is 28.9. The quantitative estimate of drug-likeness (QED) is 0.0547. The van der Waals surface area contributed by atoms with Gasteiger partial charge in [0.2, 0.25) is 5.79 Å². The van der Waals surface area contributed by atoms with Gasteiger partial charge in [0.05, 0.1) is 18.2 Å². The molecule has 1 saturated carbocycles. The minimum Gasteiger partial charge on any atom is -0.459 e. The predicted molar refractivity (Wildman–Crippen MR) is 230 cm³/mol. The number of ether oxygens (including phenoxy) is 4. The summed E-state index contributed by atoms with van der Waals surface area (Å²) in [5.74, 6) is 0.318. The number of allylic oxidation sites excluding steroid dienone is 1. The monoisotopic (exact) mass is 802 g/mol. The van der Waals surface area contributed by atoms with Crippen molar-refractivity contribution in [3.8, 4) is 17.2 Å². The van der Waals surface area contributed by atoms with Crippen molar-refractivity contribution in [1.82, 2.24) is 4.90 Å². The third-order valence-electron chi connectivity index (χ3n) is 12.1. The van der Waals surface area contributed by atoms with Gasteiger partial charge in [-0.1, -0.05) is 97.7 Å². The van der Waals surface area contributed by atoms with Gasteiger partial charge < -0.3 is 34.0 Å². The maximum Gasteiger partial charge on any atom is 0.410 e. The van der Waals surface area contributed by atoms with E-state index in [0.29, 0.717) is 43.7 Å². The molecular formula is C49H58N2O8. The first kappa shape index (κ1) is 42.0. The van der Waals surface area contributed by atoms with Crippen LogP contribution in [0, 0.1) is 17.8 Å². The van der Waals surface area contributed by atoms with Crippen LogP contribution in [0.15, 0.2) is 120 Å². The van der Waals surface area contributed by atoms with E-state index >= 15 is 0 Å². The second-order valence-corrected chi connectivity index (χ2v) is 15.8. The lowest BCUT2D eigenvalue weighted by Crippen LogP contribution is -2.70. The van der Waals surface area contributed by atoms with Crippen LogP contribution in [0.5, 0.6) is 17.2 Å². The van der Waals surface area contributed by atoms with Crippen LogP contribution in [0.2, 0.25) is 0 Å². The first-order valence-corrected chi connectivity index (χ1v) is 21.2. The maximum atomic E-state index is 14.4. The average molecular weight is 803 g/mol. The summed E-state index contributed by atoms with van der Waals surface area (Å²) in [5, 5.41) is 26.7. The lowest BCUT2D eigenvalue weighted by atomic mass is 9.55. The van der Waals surface area contributed by atoms with Crippen molar-refractivity contribution in [3.63, 3.8) is 0 Å². The van der Waals surface area contributed by atoms with Crippen molar-refractivity contribution in [2.24, 2.45) is 22.9 Å². The molecule has 3 aliphatic rings. The van der Waals surface area contributed by atoms with Crippen molar-refractivity contribution < 1.29 is 38.8 Å².